The fourth-order valence-corrected chi connectivity index (χ4v) is 15.1. The van der Waals surface area contributed by atoms with E-state index in [1.54, 1.807) is 36.8 Å². The highest BCUT2D eigenvalue weighted by Gasteiger charge is 2.29. The van der Waals surface area contributed by atoms with Crippen LogP contribution in [0.3, 0.4) is 0 Å². The molecule has 9 aromatic rings. The van der Waals surface area contributed by atoms with Crippen molar-refractivity contribution < 1.29 is 43.3 Å². The number of hydrogen-bond donors (Lipinski definition) is 9. The maximum absolute atomic E-state index is 13.3. The van der Waals surface area contributed by atoms with E-state index < -0.39 is 35.2 Å². The lowest BCUT2D eigenvalue weighted by atomic mass is 9.98. The second kappa shape index (κ2) is 54.1. The lowest BCUT2D eigenvalue weighted by Crippen LogP contribution is -2.41. The molecule has 3 aliphatic rings. The highest BCUT2D eigenvalue weighted by atomic mass is 35.5. The normalized spacial score (nSPS) is 13.3. The maximum atomic E-state index is 13.3. The number of rotatable bonds is 43. The Bertz CT molecular complexity index is 4930. The fraction of sp³-hybridized carbons (Fsp3) is 0.485. The van der Waals surface area contributed by atoms with E-state index in [-0.39, 0.29) is 29.7 Å². The molecular formula is C99H135ClN20O9. The zero-order chi connectivity index (χ0) is 92.2. The predicted octanol–water partition coefficient (Wildman–Crippen LogP) is 13.9. The number of fused-ring (bicyclic) bond motifs is 3. The first-order chi connectivity index (χ1) is 62.1. The molecule has 9 heterocycles. The van der Waals surface area contributed by atoms with Gasteiger partial charge in [0.05, 0.1) is 5.92 Å². The second-order valence-corrected chi connectivity index (χ2v) is 35.2. The third kappa shape index (κ3) is 38.8. The lowest BCUT2D eigenvalue weighted by molar-refractivity contribution is -0.157. The topological polar surface area (TPSA) is 377 Å². The first kappa shape index (κ1) is 101. The molecular weight excluding hydrogens is 1650 g/mol. The Hall–Kier alpha value is -11.5. The standard InChI is InChI=1S/C34H47N7O3.C31H40N6O3.C24H41N5O3.C10H7ClN2/c1-25(42)35-21-24-41(22-9-8-14-28-16-15-27-13-10-19-36-31(27)38-28)23-18-29(33(43)44-34(2,3)4)39-30-17-20-37-32(40-30)26-11-6-5-7-12-26;1-23(38)32-18-21-37(19-6-5-11-27-13-12-25-10-7-16-33-30(25)35-27)20-15-26(31(39)40)22-28-14-17-34-29(36-28)24-8-3-2-4-9-24;1-18(30)26-14-17-29(16-12-21(25)23(31)32-24(2,3)4)15-6-5-9-20-11-10-19-8-7-13-27-22(19)28-20;11-9-6-7-12-10(13-9)8-4-2-1-3-5-8/h5-7,11-12,15-17,20,29H,8-10,13-14,18-19,21-24H2,1-4H3,(H,35,42)(H,36,38)(H,37,39,40);2-4,8-9,12-14,17,26H,5-7,10-11,15-16,18-22H2,1H3,(H,32,38)(H,33,35)(H,39,40);10-11,21H,5-9,12-17,25H2,1-4H3,(H,26,30)(H,27,28);1-7H/t29-;26-;21-;/m010./s1. The number of aliphatic carboxylic acids is 1. The number of nitrogens with zero attached hydrogens (tertiary/aromatic N) is 12. The number of carbonyl (C=O) groups excluding carboxylic acids is 5. The summed E-state index contributed by atoms with van der Waals surface area (Å²) in [7, 11) is 0. The van der Waals surface area contributed by atoms with Gasteiger partial charge in [0, 0.05) is 157 Å². The Morgan fingerprint density at radius 3 is 1.22 bits per heavy atom. The summed E-state index contributed by atoms with van der Waals surface area (Å²) >= 11 is 5.74. The van der Waals surface area contributed by atoms with Gasteiger partial charge in [-0.25, -0.2) is 49.7 Å². The molecule has 3 aliphatic heterocycles. The van der Waals surface area contributed by atoms with Gasteiger partial charge in [-0.2, -0.15) is 0 Å². The Balaban J connectivity index is 0.000000205. The molecule has 129 heavy (non-hydrogen) atoms. The van der Waals surface area contributed by atoms with Crippen molar-refractivity contribution in [3.05, 3.63) is 209 Å². The summed E-state index contributed by atoms with van der Waals surface area (Å²) < 4.78 is 11.2. The van der Waals surface area contributed by atoms with Crippen molar-refractivity contribution in [3.63, 3.8) is 0 Å². The number of pyridine rings is 3. The van der Waals surface area contributed by atoms with Crippen LogP contribution in [0.4, 0.5) is 23.3 Å². The first-order valence-corrected chi connectivity index (χ1v) is 46.1. The van der Waals surface area contributed by atoms with E-state index >= 15 is 0 Å². The summed E-state index contributed by atoms with van der Waals surface area (Å²) in [6.07, 6.45) is 22.4. The third-order valence-corrected chi connectivity index (χ3v) is 21.8. The van der Waals surface area contributed by atoms with Gasteiger partial charge in [0.2, 0.25) is 17.7 Å². The summed E-state index contributed by atoms with van der Waals surface area (Å²) in [4.78, 5) is 119. The molecule has 6 aromatic heterocycles. The Kier molecular flexibility index (Phi) is 42.5. The number of nitrogens with one attached hydrogen (secondary N) is 7. The molecule has 0 saturated carbocycles. The Labute approximate surface area is 766 Å². The number of carbonyl (C=O) groups is 6. The van der Waals surface area contributed by atoms with Crippen molar-refractivity contribution in [1.82, 2.24) is 75.5 Å². The molecule has 0 saturated heterocycles. The van der Waals surface area contributed by atoms with Crippen molar-refractivity contribution in [2.24, 2.45) is 11.7 Å². The van der Waals surface area contributed by atoms with E-state index in [4.69, 9.17) is 41.8 Å². The summed E-state index contributed by atoms with van der Waals surface area (Å²) in [6, 6.07) is 46.1. The van der Waals surface area contributed by atoms with Crippen molar-refractivity contribution in [1.29, 1.82) is 0 Å². The molecule has 10 N–H and O–H groups in total. The average molecular weight is 1780 g/mol. The molecule has 3 atom stereocenters. The molecule has 0 aliphatic carbocycles. The van der Waals surface area contributed by atoms with Crippen molar-refractivity contribution >= 4 is 70.5 Å². The highest BCUT2D eigenvalue weighted by molar-refractivity contribution is 6.29. The number of amides is 3. The smallest absolute Gasteiger partial charge is 0.329 e. The van der Waals surface area contributed by atoms with Gasteiger partial charge in [-0.1, -0.05) is 121 Å². The Morgan fingerprint density at radius 1 is 0.434 bits per heavy atom. The van der Waals surface area contributed by atoms with Gasteiger partial charge in [-0.15, -0.1) is 0 Å². The molecule has 3 amide bonds. The minimum Gasteiger partial charge on any atom is -0.481 e. The SMILES string of the molecule is CC(=O)NCCN(CCCCc1ccc2c(n1)NCCC2)CC[C@H](Cc1ccnc(-c2ccccc2)n1)C(=O)O.CC(=O)NCCN(CCCCc1ccc2c(n1)NCCC2)CC[C@H](N)C(=O)OC(C)(C)C.CC(=O)NCCN(CCCCc1ccc2c(n1)NCCC2)CC[C@H](Nc1ccnc(-c2ccccc2)n1)C(=O)OC(C)(C)C.Clc1ccnc(-c2ccccc2)n1. The zero-order valence-corrected chi connectivity index (χ0v) is 77.7. The van der Waals surface area contributed by atoms with Crippen LogP contribution in [0.1, 0.15) is 179 Å². The number of halogens is 1. The fourth-order valence-electron chi connectivity index (χ4n) is 14.9. The quantitative estimate of drug-likeness (QED) is 0.00973. The van der Waals surface area contributed by atoms with Gasteiger partial charge in [-0.3, -0.25) is 24.0 Å². The average Bonchev–Trinajstić information content (AvgIpc) is 0.871. The van der Waals surface area contributed by atoms with E-state index in [0.717, 1.165) is 193 Å². The molecule has 0 bridgehead atoms. The largest absolute Gasteiger partial charge is 0.481 e. The van der Waals surface area contributed by atoms with Crippen LogP contribution in [-0.2, 0) is 83.2 Å². The van der Waals surface area contributed by atoms with Gasteiger partial charge in [0.15, 0.2) is 17.5 Å². The van der Waals surface area contributed by atoms with Crippen LogP contribution in [0.25, 0.3) is 34.2 Å². The molecule has 0 fully saturated rings. The third-order valence-electron chi connectivity index (χ3n) is 21.6. The number of hydrogen-bond acceptors (Lipinski definition) is 25. The summed E-state index contributed by atoms with van der Waals surface area (Å²) in [5, 5.41) is 32.6. The lowest BCUT2D eigenvalue weighted by Gasteiger charge is -2.28. The summed E-state index contributed by atoms with van der Waals surface area (Å²) in [6.45, 7) is 26.9. The minimum atomic E-state index is -0.825. The first-order valence-electron chi connectivity index (χ1n) is 45.7. The zero-order valence-electron chi connectivity index (χ0n) is 76.9. The van der Waals surface area contributed by atoms with Gasteiger partial charge in [0.25, 0.3) is 0 Å². The monoisotopic (exact) mass is 1780 g/mol. The van der Waals surface area contributed by atoms with E-state index in [1.165, 1.54) is 43.9 Å². The molecule has 692 valence electrons. The second-order valence-electron chi connectivity index (χ2n) is 34.8. The van der Waals surface area contributed by atoms with E-state index in [0.29, 0.717) is 106 Å². The highest BCUT2D eigenvalue weighted by Crippen LogP contribution is 2.27. The minimum absolute atomic E-state index is 0.0394. The molecule has 0 radical (unpaired) electrons. The van der Waals surface area contributed by atoms with Crippen LogP contribution in [0.15, 0.2) is 164 Å². The van der Waals surface area contributed by atoms with Gasteiger partial charge in [-0.05, 0) is 236 Å². The van der Waals surface area contributed by atoms with E-state index in [2.05, 4.69) is 118 Å². The molecule has 3 aromatic carbocycles. The number of benzene rings is 3. The number of ether oxygens (including phenoxy) is 2. The molecule has 12 rings (SSSR count). The number of carboxylic acids is 1. The van der Waals surface area contributed by atoms with E-state index in [9.17, 15) is 33.9 Å². The Morgan fingerprint density at radius 2 is 0.814 bits per heavy atom. The number of anilines is 4. The van der Waals surface area contributed by atoms with Gasteiger partial charge < -0.3 is 72.2 Å². The molecule has 29 nitrogen and oxygen atoms in total. The molecule has 0 unspecified atom stereocenters. The van der Waals surface area contributed by atoms with Crippen molar-refractivity contribution in [2.75, 3.05) is 119 Å². The predicted molar refractivity (Wildman–Crippen MR) is 510 cm³/mol. The number of unbranched alkanes of at least 4 members (excludes halogenated alkanes) is 3. The van der Waals surface area contributed by atoms with Crippen LogP contribution < -0.4 is 43.0 Å². The van der Waals surface area contributed by atoms with Crippen LogP contribution in [0.5, 0.6) is 0 Å². The van der Waals surface area contributed by atoms with Crippen LogP contribution >= 0.6 is 11.6 Å². The van der Waals surface area contributed by atoms with Crippen LogP contribution in [-0.4, -0.2) is 222 Å². The number of nitrogens with two attached hydrogens (primary N) is 1. The summed E-state index contributed by atoms with van der Waals surface area (Å²) in [5.74, 6) is 3.27. The van der Waals surface area contributed by atoms with E-state index in [1.807, 2.05) is 133 Å². The molecule has 30 heteroatoms. The van der Waals surface area contributed by atoms with Crippen LogP contribution in [0, 0.1) is 5.92 Å². The van der Waals surface area contributed by atoms with Crippen LogP contribution in [0.2, 0.25) is 5.15 Å². The van der Waals surface area contributed by atoms with Crippen molar-refractivity contribution in [2.45, 2.75) is 208 Å². The number of esters is 2. The molecule has 0 spiro atoms. The number of carboxylic acid groups (broad SMARTS) is 1. The maximum Gasteiger partial charge on any atom is 0.329 e. The van der Waals surface area contributed by atoms with Crippen molar-refractivity contribution in [3.8, 4) is 34.2 Å². The van der Waals surface area contributed by atoms with Gasteiger partial charge in [0.1, 0.15) is 51.7 Å². The van der Waals surface area contributed by atoms with Gasteiger partial charge >= 0.3 is 17.9 Å². The number of aromatic nitrogens is 9. The summed E-state index contributed by atoms with van der Waals surface area (Å²) in [5.41, 5.74) is 15.6. The number of aryl methyl sites for hydroxylation is 6.